The van der Waals surface area contributed by atoms with E-state index in [1.807, 2.05) is 70.0 Å². The highest BCUT2D eigenvalue weighted by Gasteiger charge is 2.07. The Morgan fingerprint density at radius 1 is 0.656 bits per heavy atom. The average Bonchev–Trinajstić information content (AvgIpc) is 3.42. The highest BCUT2D eigenvalue weighted by atomic mass is 15.3. The molecule has 32 heavy (non-hydrogen) atoms. The number of pyridine rings is 2. The summed E-state index contributed by atoms with van der Waals surface area (Å²) in [7, 11) is 1.79. The quantitative estimate of drug-likeness (QED) is 0.329. The maximum atomic E-state index is 4.62. The number of hydrogen-bond acceptors (Lipinski definition) is 8. The Bertz CT molecular complexity index is 1170. The average molecular weight is 429 g/mol. The maximum Gasteiger partial charge on any atom is 0.229 e. The van der Waals surface area contributed by atoms with E-state index in [0.717, 1.165) is 35.5 Å². The number of rotatable bonds is 9. The third kappa shape index (κ3) is 4.43. The molecule has 0 unspecified atom stereocenters. The van der Waals surface area contributed by atoms with E-state index in [1.54, 1.807) is 7.05 Å². The van der Waals surface area contributed by atoms with Gasteiger partial charge in [-0.3, -0.25) is 0 Å². The molecule has 0 saturated carbocycles. The second-order valence-electron chi connectivity index (χ2n) is 7.31. The van der Waals surface area contributed by atoms with Crippen molar-refractivity contribution in [2.45, 2.75) is 12.8 Å². The molecular formula is C22H24N10. The molecule has 0 spiro atoms. The normalized spacial score (nSPS) is 11.2. The Labute approximate surface area is 184 Å². The van der Waals surface area contributed by atoms with E-state index in [4.69, 9.17) is 0 Å². The van der Waals surface area contributed by atoms with Gasteiger partial charge in [0, 0.05) is 57.8 Å². The molecule has 0 fully saturated rings. The van der Waals surface area contributed by atoms with Gasteiger partial charge in [0.25, 0.3) is 0 Å². The van der Waals surface area contributed by atoms with Crippen LogP contribution in [-0.4, -0.2) is 53.9 Å². The second kappa shape index (κ2) is 8.88. The zero-order chi connectivity index (χ0) is 21.8. The van der Waals surface area contributed by atoms with Crippen LogP contribution in [0.2, 0.25) is 0 Å². The molecule has 0 aliphatic carbocycles. The number of imidazole rings is 2. The zero-order valence-corrected chi connectivity index (χ0v) is 17.7. The van der Waals surface area contributed by atoms with Crippen LogP contribution < -0.4 is 16.0 Å². The summed E-state index contributed by atoms with van der Waals surface area (Å²) in [6, 6.07) is 11.9. The molecule has 0 bridgehead atoms. The topological polar surface area (TPSA) is 109 Å². The highest BCUT2D eigenvalue weighted by molar-refractivity contribution is 5.43. The van der Waals surface area contributed by atoms with E-state index in [2.05, 4.69) is 40.9 Å². The van der Waals surface area contributed by atoms with Crippen LogP contribution in [0.5, 0.6) is 0 Å². The lowest BCUT2D eigenvalue weighted by Crippen LogP contribution is -2.14. The van der Waals surface area contributed by atoms with Gasteiger partial charge in [0.05, 0.1) is 11.4 Å². The van der Waals surface area contributed by atoms with Crippen molar-refractivity contribution in [3.05, 3.63) is 72.6 Å². The molecule has 5 heterocycles. The Morgan fingerprint density at radius 3 is 1.62 bits per heavy atom. The minimum atomic E-state index is 0.505. The fraction of sp³-hybridized carbons (Fsp3) is 0.227. The molecule has 0 amide bonds. The fourth-order valence-electron chi connectivity index (χ4n) is 3.47. The van der Waals surface area contributed by atoms with Gasteiger partial charge in [0.1, 0.15) is 11.3 Å². The monoisotopic (exact) mass is 428 g/mol. The maximum absolute atomic E-state index is 4.62. The first-order chi connectivity index (χ1) is 15.8. The lowest BCUT2D eigenvalue weighted by atomic mass is 10.3. The van der Waals surface area contributed by atoms with Crippen LogP contribution in [-0.2, 0) is 12.8 Å². The molecule has 0 atom stereocenters. The molecule has 10 nitrogen and oxygen atoms in total. The van der Waals surface area contributed by atoms with Crippen molar-refractivity contribution >= 4 is 29.1 Å². The lowest BCUT2D eigenvalue weighted by Gasteiger charge is -2.09. The minimum absolute atomic E-state index is 0.505. The van der Waals surface area contributed by atoms with Crippen LogP contribution in [0, 0.1) is 0 Å². The van der Waals surface area contributed by atoms with Crippen molar-refractivity contribution in [3.8, 4) is 0 Å². The van der Waals surface area contributed by atoms with E-state index in [1.165, 1.54) is 0 Å². The Morgan fingerprint density at radius 2 is 1.16 bits per heavy atom. The number of aromatic nitrogens is 7. The molecule has 0 saturated heterocycles. The molecule has 5 aromatic heterocycles. The molecule has 10 heteroatoms. The SMILES string of the molecule is CNc1nc(NCCc2cn3ccccc3n2)nc(NCCc2cn3ccccc3n2)n1. The predicted molar refractivity (Wildman–Crippen MR) is 124 cm³/mol. The van der Waals surface area contributed by atoms with Crippen molar-refractivity contribution in [1.82, 2.24) is 33.7 Å². The Balaban J connectivity index is 1.19. The van der Waals surface area contributed by atoms with Crippen molar-refractivity contribution in [2.75, 3.05) is 36.1 Å². The molecule has 0 aromatic carbocycles. The molecule has 0 aliphatic heterocycles. The number of nitrogens with one attached hydrogen (secondary N) is 3. The summed E-state index contributed by atoms with van der Waals surface area (Å²) in [5.41, 5.74) is 3.91. The van der Waals surface area contributed by atoms with Gasteiger partial charge in [-0.2, -0.15) is 15.0 Å². The van der Waals surface area contributed by atoms with Crippen LogP contribution in [0.1, 0.15) is 11.4 Å². The smallest absolute Gasteiger partial charge is 0.229 e. The molecular weight excluding hydrogens is 404 g/mol. The fourth-order valence-corrected chi connectivity index (χ4v) is 3.47. The highest BCUT2D eigenvalue weighted by Crippen LogP contribution is 2.11. The summed E-state index contributed by atoms with van der Waals surface area (Å²) in [5.74, 6) is 1.54. The standard InChI is InChI=1S/C22H24N10/c1-23-20-28-21(24-10-8-16-14-31-12-4-2-6-18(31)26-16)30-22(29-20)25-11-9-17-15-32-13-5-3-7-19(32)27-17/h2-7,12-15H,8-11H2,1H3,(H3,23,24,25,28,29,30). The van der Waals surface area contributed by atoms with Gasteiger partial charge in [0.2, 0.25) is 17.8 Å². The molecule has 5 rings (SSSR count). The summed E-state index contributed by atoms with van der Waals surface area (Å²) >= 11 is 0. The van der Waals surface area contributed by atoms with Gasteiger partial charge in [-0.25, -0.2) is 9.97 Å². The van der Waals surface area contributed by atoms with E-state index in [-0.39, 0.29) is 0 Å². The third-order valence-electron chi connectivity index (χ3n) is 5.02. The Hall–Kier alpha value is -4.21. The van der Waals surface area contributed by atoms with E-state index < -0.39 is 0 Å². The van der Waals surface area contributed by atoms with Crippen LogP contribution in [0.25, 0.3) is 11.3 Å². The van der Waals surface area contributed by atoms with Crippen LogP contribution in [0.15, 0.2) is 61.2 Å². The first kappa shape index (κ1) is 19.7. The van der Waals surface area contributed by atoms with E-state index >= 15 is 0 Å². The summed E-state index contributed by atoms with van der Waals surface area (Å²) in [4.78, 5) is 22.5. The number of nitrogens with zero attached hydrogens (tertiary/aromatic N) is 7. The summed E-state index contributed by atoms with van der Waals surface area (Å²) in [5, 5.41) is 9.53. The summed E-state index contributed by atoms with van der Waals surface area (Å²) in [6.07, 6.45) is 9.59. The van der Waals surface area contributed by atoms with Gasteiger partial charge >= 0.3 is 0 Å². The summed E-state index contributed by atoms with van der Waals surface area (Å²) < 4.78 is 4.03. The zero-order valence-electron chi connectivity index (χ0n) is 17.7. The van der Waals surface area contributed by atoms with Crippen molar-refractivity contribution in [2.24, 2.45) is 0 Å². The van der Waals surface area contributed by atoms with Crippen LogP contribution in [0.4, 0.5) is 17.8 Å². The third-order valence-corrected chi connectivity index (χ3v) is 5.02. The van der Waals surface area contributed by atoms with Crippen molar-refractivity contribution in [1.29, 1.82) is 0 Å². The van der Waals surface area contributed by atoms with Crippen LogP contribution >= 0.6 is 0 Å². The van der Waals surface area contributed by atoms with E-state index in [0.29, 0.717) is 30.9 Å². The predicted octanol–water partition coefficient (Wildman–Crippen LogP) is 2.52. The van der Waals surface area contributed by atoms with Gasteiger partial charge in [0.15, 0.2) is 0 Å². The summed E-state index contributed by atoms with van der Waals surface area (Å²) in [6.45, 7) is 1.33. The van der Waals surface area contributed by atoms with Crippen LogP contribution in [0.3, 0.4) is 0 Å². The van der Waals surface area contributed by atoms with Crippen molar-refractivity contribution in [3.63, 3.8) is 0 Å². The van der Waals surface area contributed by atoms with Gasteiger partial charge < -0.3 is 24.8 Å². The van der Waals surface area contributed by atoms with Gasteiger partial charge in [-0.15, -0.1) is 0 Å². The van der Waals surface area contributed by atoms with E-state index in [9.17, 15) is 0 Å². The molecule has 162 valence electrons. The number of fused-ring (bicyclic) bond motifs is 2. The Kier molecular flexibility index (Phi) is 5.48. The lowest BCUT2D eigenvalue weighted by molar-refractivity contribution is 0.922. The van der Waals surface area contributed by atoms with Gasteiger partial charge in [-0.05, 0) is 24.3 Å². The largest absolute Gasteiger partial charge is 0.357 e. The van der Waals surface area contributed by atoms with Gasteiger partial charge in [-0.1, -0.05) is 12.1 Å². The molecule has 0 radical (unpaired) electrons. The second-order valence-corrected chi connectivity index (χ2v) is 7.31. The molecule has 5 aromatic rings. The number of hydrogen-bond donors (Lipinski definition) is 3. The number of anilines is 3. The molecule has 0 aliphatic rings. The first-order valence-corrected chi connectivity index (χ1v) is 10.5. The first-order valence-electron chi connectivity index (χ1n) is 10.5. The van der Waals surface area contributed by atoms with Crippen molar-refractivity contribution < 1.29 is 0 Å². The minimum Gasteiger partial charge on any atom is -0.357 e. The molecule has 3 N–H and O–H groups in total.